The summed E-state index contributed by atoms with van der Waals surface area (Å²) in [5.41, 5.74) is 2.51. The molecule has 0 atom stereocenters. The number of thioether (sulfide) groups is 2. The zero-order valence-electron chi connectivity index (χ0n) is 13.1. The molecule has 0 radical (unpaired) electrons. The van der Waals surface area contributed by atoms with E-state index in [1.54, 1.807) is 23.5 Å². The van der Waals surface area contributed by atoms with Crippen molar-refractivity contribution in [2.75, 3.05) is 0 Å². The highest BCUT2D eigenvalue weighted by Crippen LogP contribution is 2.33. The van der Waals surface area contributed by atoms with Gasteiger partial charge in [0.2, 0.25) is 0 Å². The van der Waals surface area contributed by atoms with Gasteiger partial charge in [-0.3, -0.25) is 4.79 Å². The summed E-state index contributed by atoms with van der Waals surface area (Å²) in [6, 6.07) is 24.5. The van der Waals surface area contributed by atoms with Gasteiger partial charge in [-0.1, -0.05) is 66.7 Å². The molecule has 3 aromatic rings. The lowest BCUT2D eigenvalue weighted by Crippen LogP contribution is -2.13. The molecule has 122 valence electrons. The fraction of sp³-hybridized carbons (Fsp3) is 0.150. The van der Waals surface area contributed by atoms with Crippen molar-refractivity contribution in [2.24, 2.45) is 0 Å². The molecule has 0 aliphatic rings. The average molecular weight is 371 g/mol. The Kier molecular flexibility index (Phi) is 6.58. The van der Waals surface area contributed by atoms with Crippen LogP contribution in [0, 0.1) is 0 Å². The SMILES string of the molecule is O=C(c1cccs1)C(SCc1ccccc1)SCc1ccccc1. The van der Waals surface area contributed by atoms with Gasteiger partial charge in [-0.05, 0) is 22.6 Å². The predicted molar refractivity (Wildman–Crippen MR) is 108 cm³/mol. The van der Waals surface area contributed by atoms with E-state index < -0.39 is 0 Å². The van der Waals surface area contributed by atoms with E-state index in [0.717, 1.165) is 16.4 Å². The molecule has 0 aliphatic carbocycles. The molecule has 0 unspecified atom stereocenters. The Bertz CT molecular complexity index is 696. The largest absolute Gasteiger partial charge is 0.291 e. The van der Waals surface area contributed by atoms with Crippen LogP contribution in [0.25, 0.3) is 0 Å². The minimum atomic E-state index is -0.0796. The molecule has 0 bridgehead atoms. The molecule has 0 fully saturated rings. The summed E-state index contributed by atoms with van der Waals surface area (Å²) in [5, 5.41) is 1.97. The number of rotatable bonds is 8. The Morgan fingerprint density at radius 2 is 1.33 bits per heavy atom. The first-order valence-corrected chi connectivity index (χ1v) is 10.7. The van der Waals surface area contributed by atoms with E-state index in [1.807, 2.05) is 53.9 Å². The van der Waals surface area contributed by atoms with Gasteiger partial charge in [0.05, 0.1) is 4.88 Å². The van der Waals surface area contributed by atoms with Gasteiger partial charge in [0.1, 0.15) is 4.58 Å². The molecule has 1 aromatic heterocycles. The second kappa shape index (κ2) is 9.11. The molecule has 0 N–H and O–H groups in total. The van der Waals surface area contributed by atoms with Gasteiger partial charge in [0.15, 0.2) is 5.78 Å². The van der Waals surface area contributed by atoms with Crippen LogP contribution < -0.4 is 0 Å². The number of benzene rings is 2. The van der Waals surface area contributed by atoms with Crippen molar-refractivity contribution in [1.82, 2.24) is 0 Å². The maximum atomic E-state index is 12.8. The third-order valence-corrected chi connectivity index (χ3v) is 7.20. The van der Waals surface area contributed by atoms with Crippen LogP contribution in [-0.2, 0) is 11.5 Å². The Morgan fingerprint density at radius 3 is 1.79 bits per heavy atom. The number of hydrogen-bond acceptors (Lipinski definition) is 4. The summed E-state index contributed by atoms with van der Waals surface area (Å²) >= 11 is 4.97. The Labute approximate surface area is 155 Å². The van der Waals surface area contributed by atoms with Crippen LogP contribution in [0.2, 0.25) is 0 Å². The number of carbonyl (C=O) groups excluding carboxylic acids is 1. The zero-order chi connectivity index (χ0) is 16.6. The van der Waals surface area contributed by atoms with E-state index in [1.165, 1.54) is 22.5 Å². The molecule has 3 rings (SSSR count). The Balaban J connectivity index is 1.67. The van der Waals surface area contributed by atoms with Crippen LogP contribution in [0.3, 0.4) is 0 Å². The van der Waals surface area contributed by atoms with Crippen molar-refractivity contribution in [3.8, 4) is 0 Å². The maximum absolute atomic E-state index is 12.8. The van der Waals surface area contributed by atoms with Crippen molar-refractivity contribution < 1.29 is 4.79 Å². The van der Waals surface area contributed by atoms with Crippen LogP contribution in [0.4, 0.5) is 0 Å². The van der Waals surface area contributed by atoms with Gasteiger partial charge in [0.25, 0.3) is 0 Å². The van der Waals surface area contributed by atoms with Gasteiger partial charge in [-0.25, -0.2) is 0 Å². The highest BCUT2D eigenvalue weighted by Gasteiger charge is 2.22. The summed E-state index contributed by atoms with van der Waals surface area (Å²) in [6.45, 7) is 0. The Morgan fingerprint density at radius 1 is 0.792 bits per heavy atom. The number of carbonyl (C=O) groups is 1. The highest BCUT2D eigenvalue weighted by atomic mass is 32.2. The van der Waals surface area contributed by atoms with E-state index in [4.69, 9.17) is 0 Å². The summed E-state index contributed by atoms with van der Waals surface area (Å²) in [6.07, 6.45) is 0. The van der Waals surface area contributed by atoms with Crippen LogP contribution in [0.5, 0.6) is 0 Å². The smallest absolute Gasteiger partial charge is 0.195 e. The minimum Gasteiger partial charge on any atom is -0.291 e. The fourth-order valence-corrected chi connectivity index (χ4v) is 5.49. The van der Waals surface area contributed by atoms with Crippen LogP contribution in [-0.4, -0.2) is 10.4 Å². The minimum absolute atomic E-state index is 0.0796. The molecule has 0 amide bonds. The second-order valence-corrected chi connectivity index (χ2v) is 8.70. The Hall–Kier alpha value is -1.49. The van der Waals surface area contributed by atoms with Crippen molar-refractivity contribution in [2.45, 2.75) is 16.1 Å². The average Bonchev–Trinajstić information content (AvgIpc) is 3.18. The molecule has 0 saturated heterocycles. The van der Waals surface area contributed by atoms with Crippen LogP contribution >= 0.6 is 34.9 Å². The topological polar surface area (TPSA) is 17.1 Å². The van der Waals surface area contributed by atoms with Gasteiger partial charge in [-0.15, -0.1) is 34.9 Å². The number of thiophene rings is 1. The molecule has 0 saturated carbocycles. The molecule has 1 heterocycles. The van der Waals surface area contributed by atoms with E-state index in [0.29, 0.717) is 0 Å². The van der Waals surface area contributed by atoms with E-state index in [9.17, 15) is 4.79 Å². The summed E-state index contributed by atoms with van der Waals surface area (Å²) < 4.78 is -0.0796. The van der Waals surface area contributed by atoms with Gasteiger partial charge < -0.3 is 0 Å². The standard InChI is InChI=1S/C20H18OS3/c21-19(18-12-7-13-22-18)20(23-14-16-8-3-1-4-9-16)24-15-17-10-5-2-6-11-17/h1-13,20H,14-15H2. The van der Waals surface area contributed by atoms with Gasteiger partial charge >= 0.3 is 0 Å². The number of ketones is 1. The van der Waals surface area contributed by atoms with Crippen molar-refractivity contribution in [3.63, 3.8) is 0 Å². The van der Waals surface area contributed by atoms with Crippen molar-refractivity contribution >= 4 is 40.6 Å². The quantitative estimate of drug-likeness (QED) is 0.351. The monoisotopic (exact) mass is 370 g/mol. The lowest BCUT2D eigenvalue weighted by molar-refractivity contribution is 0.101. The number of Topliss-reactive ketones (excluding diaryl/α,β-unsaturated/α-hetero) is 1. The van der Waals surface area contributed by atoms with Crippen molar-refractivity contribution in [3.05, 3.63) is 94.2 Å². The predicted octanol–water partition coefficient (Wildman–Crippen LogP) is 6.12. The maximum Gasteiger partial charge on any atom is 0.195 e. The normalized spacial score (nSPS) is 10.9. The molecule has 0 spiro atoms. The molecule has 0 aliphatic heterocycles. The van der Waals surface area contributed by atoms with E-state index in [-0.39, 0.29) is 10.4 Å². The summed E-state index contributed by atoms with van der Waals surface area (Å²) in [7, 11) is 0. The molecular weight excluding hydrogens is 352 g/mol. The van der Waals surface area contributed by atoms with E-state index >= 15 is 0 Å². The first kappa shape index (κ1) is 17.3. The van der Waals surface area contributed by atoms with Crippen molar-refractivity contribution in [1.29, 1.82) is 0 Å². The van der Waals surface area contributed by atoms with Gasteiger partial charge in [-0.2, -0.15) is 0 Å². The first-order chi connectivity index (χ1) is 11.8. The zero-order valence-corrected chi connectivity index (χ0v) is 15.6. The third kappa shape index (κ3) is 5.00. The molecule has 1 nitrogen and oxygen atoms in total. The lowest BCUT2D eigenvalue weighted by Gasteiger charge is -2.15. The lowest BCUT2D eigenvalue weighted by atomic mass is 10.2. The molecule has 4 heteroatoms. The first-order valence-electron chi connectivity index (χ1n) is 7.72. The van der Waals surface area contributed by atoms with Crippen LogP contribution in [0.1, 0.15) is 20.8 Å². The summed E-state index contributed by atoms with van der Waals surface area (Å²) in [5.74, 6) is 1.93. The van der Waals surface area contributed by atoms with Crippen LogP contribution in [0.15, 0.2) is 78.2 Å². The highest BCUT2D eigenvalue weighted by molar-refractivity contribution is 8.17. The summed E-state index contributed by atoms with van der Waals surface area (Å²) in [4.78, 5) is 13.7. The molecule has 24 heavy (non-hydrogen) atoms. The molecule has 2 aromatic carbocycles. The fourth-order valence-electron chi connectivity index (χ4n) is 2.23. The van der Waals surface area contributed by atoms with E-state index in [2.05, 4.69) is 24.3 Å². The second-order valence-electron chi connectivity index (χ2n) is 5.27. The number of hydrogen-bond donors (Lipinski definition) is 0. The molecular formula is C20H18OS3. The van der Waals surface area contributed by atoms with Gasteiger partial charge in [0, 0.05) is 11.5 Å². The third-order valence-electron chi connectivity index (χ3n) is 3.47.